The Labute approximate surface area is 224 Å². The number of anilines is 2. The van der Waals surface area contributed by atoms with E-state index in [1.807, 2.05) is 25.1 Å². The van der Waals surface area contributed by atoms with Crippen LogP contribution >= 0.6 is 0 Å². The molecule has 39 heavy (non-hydrogen) atoms. The van der Waals surface area contributed by atoms with E-state index in [0.717, 1.165) is 31.0 Å². The smallest absolute Gasteiger partial charge is 0.429 e. The highest BCUT2D eigenvalue weighted by molar-refractivity contribution is 7.89. The summed E-state index contributed by atoms with van der Waals surface area (Å²) in [5.74, 6) is -1.48. The summed E-state index contributed by atoms with van der Waals surface area (Å²) >= 11 is 0. The standard InChI is InChI=1S/C28H27F3N2O5S/c1-3-4-8-19-16-33(18-9-6-5-7-10-18)23-15-24-22(14-25(23)39(36,37)32(19)2)21-13-17(27(34)35)11-12-20(21)26(38-24)28(29,30)31/h5-7,9-15,19,26H,3-4,8,16H2,1-2H3,(H,34,35)/t19-,26+/m1/s1. The second-order valence-electron chi connectivity index (χ2n) is 9.73. The molecule has 2 heterocycles. The maximum absolute atomic E-state index is 14.1. The first-order chi connectivity index (χ1) is 18.4. The van der Waals surface area contributed by atoms with Gasteiger partial charge in [0.2, 0.25) is 16.1 Å². The van der Waals surface area contributed by atoms with Crippen LogP contribution in [0.2, 0.25) is 0 Å². The molecule has 0 saturated carbocycles. The number of ether oxygens (including phenoxy) is 1. The molecule has 206 valence electrons. The fraction of sp³-hybridized carbons (Fsp3) is 0.321. The first kappa shape index (κ1) is 27.0. The van der Waals surface area contributed by atoms with E-state index >= 15 is 0 Å². The predicted octanol–water partition coefficient (Wildman–Crippen LogP) is 6.38. The Morgan fingerprint density at radius 1 is 1.08 bits per heavy atom. The molecule has 2 atom stereocenters. The molecule has 0 unspecified atom stereocenters. The largest absolute Gasteiger partial charge is 0.478 e. The van der Waals surface area contributed by atoms with Crippen molar-refractivity contribution in [2.75, 3.05) is 18.5 Å². The monoisotopic (exact) mass is 560 g/mol. The number of alkyl halides is 3. The lowest BCUT2D eigenvalue weighted by molar-refractivity contribution is -0.198. The van der Waals surface area contributed by atoms with Crippen molar-refractivity contribution in [2.45, 2.75) is 49.4 Å². The number of hydrogen-bond acceptors (Lipinski definition) is 5. The molecule has 7 nitrogen and oxygen atoms in total. The molecule has 3 aromatic carbocycles. The van der Waals surface area contributed by atoms with Crippen molar-refractivity contribution >= 4 is 27.4 Å². The van der Waals surface area contributed by atoms with Crippen molar-refractivity contribution in [3.05, 3.63) is 71.8 Å². The number of aromatic carboxylic acids is 1. The highest BCUT2D eigenvalue weighted by Gasteiger charge is 2.48. The normalized spacial score (nSPS) is 20.3. The average Bonchev–Trinajstić information content (AvgIpc) is 2.98. The average molecular weight is 561 g/mol. The molecule has 0 amide bonds. The molecule has 0 bridgehead atoms. The van der Waals surface area contributed by atoms with Crippen molar-refractivity contribution in [1.82, 2.24) is 4.31 Å². The molecule has 0 spiro atoms. The Bertz CT molecular complexity index is 1530. The second-order valence-corrected chi connectivity index (χ2v) is 11.7. The van der Waals surface area contributed by atoms with Crippen LogP contribution in [0.3, 0.4) is 0 Å². The van der Waals surface area contributed by atoms with Gasteiger partial charge in [0.05, 0.1) is 11.3 Å². The summed E-state index contributed by atoms with van der Waals surface area (Å²) in [7, 11) is -2.57. The first-order valence-corrected chi connectivity index (χ1v) is 14.0. The number of rotatable bonds is 5. The number of benzene rings is 3. The van der Waals surface area contributed by atoms with Crippen molar-refractivity contribution < 1.29 is 36.2 Å². The Balaban J connectivity index is 1.78. The van der Waals surface area contributed by atoms with Crippen LogP contribution < -0.4 is 9.64 Å². The lowest BCUT2D eigenvalue weighted by atomic mass is 9.90. The van der Waals surface area contributed by atoms with Gasteiger partial charge >= 0.3 is 12.1 Å². The third-order valence-electron chi connectivity index (χ3n) is 7.29. The molecule has 0 aliphatic carbocycles. The molecule has 2 aliphatic heterocycles. The van der Waals surface area contributed by atoms with Gasteiger partial charge < -0.3 is 14.7 Å². The number of unbranched alkanes of at least 4 members (excludes halogenated alkanes) is 1. The fourth-order valence-electron chi connectivity index (χ4n) is 5.20. The number of sulfonamides is 1. The van der Waals surface area contributed by atoms with Crippen LogP contribution in [0.5, 0.6) is 5.75 Å². The molecule has 0 radical (unpaired) electrons. The molecule has 0 fully saturated rings. The van der Waals surface area contributed by atoms with E-state index in [2.05, 4.69) is 0 Å². The highest BCUT2D eigenvalue weighted by Crippen LogP contribution is 2.52. The van der Waals surface area contributed by atoms with Crippen LogP contribution in [0.25, 0.3) is 11.1 Å². The van der Waals surface area contributed by atoms with E-state index in [1.54, 1.807) is 17.0 Å². The number of halogens is 3. The van der Waals surface area contributed by atoms with Gasteiger partial charge in [0.15, 0.2) is 0 Å². The van der Waals surface area contributed by atoms with Crippen LogP contribution in [-0.4, -0.2) is 49.6 Å². The lowest BCUT2D eigenvalue weighted by Gasteiger charge is -2.32. The quantitative estimate of drug-likeness (QED) is 0.390. The molecular weight excluding hydrogens is 533 g/mol. The van der Waals surface area contributed by atoms with Crippen molar-refractivity contribution in [3.63, 3.8) is 0 Å². The molecule has 1 N–H and O–H groups in total. The zero-order valence-electron chi connectivity index (χ0n) is 21.3. The molecule has 5 rings (SSSR count). The summed E-state index contributed by atoms with van der Waals surface area (Å²) in [6.45, 7) is 2.30. The molecular formula is C28H27F3N2O5S. The summed E-state index contributed by atoms with van der Waals surface area (Å²) in [6.07, 6.45) is -4.87. The summed E-state index contributed by atoms with van der Waals surface area (Å²) in [5.41, 5.74) is 0.441. The van der Waals surface area contributed by atoms with Gasteiger partial charge in [-0.3, -0.25) is 0 Å². The number of likely N-dealkylation sites (N-methyl/N-ethyl adjacent to an activating group) is 1. The number of carbonyl (C=O) groups is 1. The first-order valence-electron chi connectivity index (χ1n) is 12.5. The molecule has 0 aromatic heterocycles. The van der Waals surface area contributed by atoms with E-state index in [1.165, 1.54) is 23.5 Å². The topological polar surface area (TPSA) is 87.2 Å². The number of carboxylic acids is 1. The number of hydrogen-bond donors (Lipinski definition) is 1. The Morgan fingerprint density at radius 3 is 2.44 bits per heavy atom. The fourth-order valence-corrected chi connectivity index (χ4v) is 6.78. The molecule has 11 heteroatoms. The van der Waals surface area contributed by atoms with E-state index in [9.17, 15) is 31.5 Å². The minimum Gasteiger partial charge on any atom is -0.478 e. The lowest BCUT2D eigenvalue weighted by Crippen LogP contribution is -2.40. The van der Waals surface area contributed by atoms with Gasteiger partial charge in [0.1, 0.15) is 10.6 Å². The van der Waals surface area contributed by atoms with E-state index in [4.69, 9.17) is 4.74 Å². The third kappa shape index (κ3) is 4.74. The Morgan fingerprint density at radius 2 is 1.79 bits per heavy atom. The predicted molar refractivity (Wildman–Crippen MR) is 140 cm³/mol. The van der Waals surface area contributed by atoms with E-state index in [-0.39, 0.29) is 45.1 Å². The number of carboxylic acid groups (broad SMARTS) is 1. The zero-order chi connectivity index (χ0) is 28.1. The zero-order valence-corrected chi connectivity index (χ0v) is 22.1. The third-order valence-corrected chi connectivity index (χ3v) is 9.23. The van der Waals surface area contributed by atoms with E-state index in [0.29, 0.717) is 12.1 Å². The SMILES string of the molecule is CCCC[C@@H]1CN(c2ccccc2)c2cc3c(cc2S(=O)(=O)N1C)-c1cc(C(=O)O)ccc1[C@@H](C(F)(F)F)O3. The van der Waals surface area contributed by atoms with Crippen LogP contribution in [0.4, 0.5) is 24.5 Å². The van der Waals surface area contributed by atoms with Gasteiger partial charge in [0, 0.05) is 42.5 Å². The maximum Gasteiger partial charge on any atom is 0.429 e. The Hall–Kier alpha value is -3.57. The molecule has 0 saturated heterocycles. The van der Waals surface area contributed by atoms with Crippen LogP contribution in [0.15, 0.2) is 65.6 Å². The Kier molecular flexibility index (Phi) is 6.84. The van der Waals surface area contributed by atoms with Gasteiger partial charge in [-0.15, -0.1) is 0 Å². The van der Waals surface area contributed by atoms with Crippen molar-refractivity contribution in [3.8, 4) is 16.9 Å². The summed E-state index contributed by atoms with van der Waals surface area (Å²) in [5, 5.41) is 9.51. The maximum atomic E-state index is 14.1. The molecule has 2 aliphatic rings. The van der Waals surface area contributed by atoms with Gasteiger partial charge in [-0.2, -0.15) is 17.5 Å². The molecule has 3 aromatic rings. The number of fused-ring (bicyclic) bond motifs is 4. The minimum atomic E-state index is -4.79. The van der Waals surface area contributed by atoms with Gasteiger partial charge in [0.25, 0.3) is 0 Å². The van der Waals surface area contributed by atoms with Crippen LogP contribution in [0.1, 0.15) is 48.2 Å². The van der Waals surface area contributed by atoms with E-state index < -0.39 is 34.3 Å². The minimum absolute atomic E-state index is 0.0304. The van der Waals surface area contributed by atoms with Gasteiger partial charge in [-0.05, 0) is 42.3 Å². The number of para-hydroxylation sites is 1. The van der Waals surface area contributed by atoms with Crippen molar-refractivity contribution in [1.29, 1.82) is 0 Å². The summed E-state index contributed by atoms with van der Waals surface area (Å²) < 4.78 is 77.1. The summed E-state index contributed by atoms with van der Waals surface area (Å²) in [6, 6.07) is 14.6. The van der Waals surface area contributed by atoms with Gasteiger partial charge in [-0.1, -0.05) is 44.0 Å². The second kappa shape index (κ2) is 9.87. The number of nitrogens with zero attached hydrogens (tertiary/aromatic N) is 2. The van der Waals surface area contributed by atoms with Crippen LogP contribution in [-0.2, 0) is 10.0 Å². The summed E-state index contributed by atoms with van der Waals surface area (Å²) in [4.78, 5) is 13.4. The highest BCUT2D eigenvalue weighted by atomic mass is 32.2. The van der Waals surface area contributed by atoms with Crippen LogP contribution in [0, 0.1) is 0 Å². The van der Waals surface area contributed by atoms with Crippen molar-refractivity contribution in [2.24, 2.45) is 0 Å². The van der Waals surface area contributed by atoms with Gasteiger partial charge in [-0.25, -0.2) is 13.2 Å².